The van der Waals surface area contributed by atoms with Crippen LogP contribution < -0.4 is 10.2 Å². The third kappa shape index (κ3) is 4.42. The van der Waals surface area contributed by atoms with E-state index in [1.54, 1.807) is 24.3 Å². The van der Waals surface area contributed by atoms with Gasteiger partial charge in [-0.1, -0.05) is 11.6 Å². The van der Waals surface area contributed by atoms with Gasteiger partial charge in [0.05, 0.1) is 23.7 Å². The normalized spacial score (nSPS) is 18.6. The number of Topliss-reactive ketones (excluding diaryl/α,β-unsaturated/α-hetero) is 1. The predicted molar refractivity (Wildman–Crippen MR) is 110 cm³/mol. The zero-order valence-electron chi connectivity index (χ0n) is 16.0. The average Bonchev–Trinajstić information content (AvgIpc) is 3.51. The first-order valence-corrected chi connectivity index (χ1v) is 9.99. The van der Waals surface area contributed by atoms with Gasteiger partial charge in [-0.2, -0.15) is 0 Å². The van der Waals surface area contributed by atoms with Crippen LogP contribution in [0.25, 0.3) is 0 Å². The molecule has 0 bridgehead atoms. The minimum absolute atomic E-state index is 0.131. The Morgan fingerprint density at radius 2 is 1.63 bits per heavy atom. The number of imide groups is 1. The maximum absolute atomic E-state index is 12.5. The molecule has 2 aromatic rings. The van der Waals surface area contributed by atoms with Crippen LogP contribution >= 0.6 is 11.6 Å². The number of hydrogen-bond donors (Lipinski definition) is 1. The summed E-state index contributed by atoms with van der Waals surface area (Å²) < 4.78 is 5.07. The predicted octanol–water partition coefficient (Wildman–Crippen LogP) is 2.76. The van der Waals surface area contributed by atoms with Crippen molar-refractivity contribution in [3.05, 3.63) is 64.7 Å². The molecule has 8 heteroatoms. The van der Waals surface area contributed by atoms with Gasteiger partial charge in [0.15, 0.2) is 12.4 Å². The molecule has 2 fully saturated rings. The van der Waals surface area contributed by atoms with E-state index in [-0.39, 0.29) is 29.6 Å². The highest BCUT2D eigenvalue weighted by atomic mass is 35.5. The molecule has 2 aliphatic rings. The lowest BCUT2D eigenvalue weighted by Gasteiger charge is -2.15. The fourth-order valence-corrected chi connectivity index (χ4v) is 3.37. The van der Waals surface area contributed by atoms with E-state index < -0.39 is 18.6 Å². The van der Waals surface area contributed by atoms with Crippen molar-refractivity contribution in [2.45, 2.75) is 31.3 Å². The van der Waals surface area contributed by atoms with Gasteiger partial charge in [-0.05, 0) is 61.4 Å². The monoisotopic (exact) mass is 426 g/mol. The van der Waals surface area contributed by atoms with Crippen molar-refractivity contribution in [3.63, 3.8) is 0 Å². The SMILES string of the molecule is O=C(COC(=O)c1ccc(N2C(=O)CC(NC3CC3)C2=O)cc1)c1ccc(Cl)cc1. The number of halogens is 1. The Hall–Kier alpha value is -3.03. The highest BCUT2D eigenvalue weighted by Gasteiger charge is 2.41. The first kappa shape index (κ1) is 20.3. The van der Waals surface area contributed by atoms with Crippen LogP contribution in [-0.4, -0.2) is 42.3 Å². The second kappa shape index (κ2) is 8.38. The Morgan fingerprint density at radius 3 is 2.27 bits per heavy atom. The molecule has 0 spiro atoms. The number of nitrogens with zero attached hydrogens (tertiary/aromatic N) is 1. The number of amides is 2. The van der Waals surface area contributed by atoms with Gasteiger partial charge in [-0.3, -0.25) is 14.4 Å². The average molecular weight is 427 g/mol. The smallest absolute Gasteiger partial charge is 0.338 e. The van der Waals surface area contributed by atoms with Gasteiger partial charge in [0.1, 0.15) is 0 Å². The molecule has 2 aromatic carbocycles. The zero-order chi connectivity index (χ0) is 21.3. The maximum atomic E-state index is 12.5. The van der Waals surface area contributed by atoms with Crippen molar-refractivity contribution in [2.24, 2.45) is 0 Å². The first-order valence-electron chi connectivity index (χ1n) is 9.61. The van der Waals surface area contributed by atoms with Crippen LogP contribution in [0.1, 0.15) is 40.0 Å². The Kier molecular flexibility index (Phi) is 5.65. The van der Waals surface area contributed by atoms with Gasteiger partial charge >= 0.3 is 5.97 Å². The molecule has 1 N–H and O–H groups in total. The summed E-state index contributed by atoms with van der Waals surface area (Å²) >= 11 is 5.79. The quantitative estimate of drug-likeness (QED) is 0.416. The van der Waals surface area contributed by atoms with Crippen molar-refractivity contribution >= 4 is 40.9 Å². The van der Waals surface area contributed by atoms with Crippen LogP contribution in [0.5, 0.6) is 0 Å². The highest BCUT2D eigenvalue weighted by Crippen LogP contribution is 2.27. The number of hydrogen-bond acceptors (Lipinski definition) is 6. The molecular formula is C22H19ClN2O5. The van der Waals surface area contributed by atoms with E-state index in [4.69, 9.17) is 16.3 Å². The molecule has 1 aliphatic carbocycles. The van der Waals surface area contributed by atoms with Crippen LogP contribution in [0.3, 0.4) is 0 Å². The van der Waals surface area contributed by atoms with Crippen LogP contribution in [0.2, 0.25) is 5.02 Å². The molecule has 154 valence electrons. The number of ketones is 1. The number of carbonyl (C=O) groups is 4. The summed E-state index contributed by atoms with van der Waals surface area (Å²) in [6, 6.07) is 12.1. The molecule has 1 atom stereocenters. The summed E-state index contributed by atoms with van der Waals surface area (Å²) in [5.41, 5.74) is 1.01. The molecule has 7 nitrogen and oxygen atoms in total. The van der Waals surface area contributed by atoms with Gasteiger partial charge in [-0.15, -0.1) is 0 Å². The number of carbonyl (C=O) groups excluding carboxylic acids is 4. The lowest BCUT2D eigenvalue weighted by molar-refractivity contribution is -0.121. The minimum Gasteiger partial charge on any atom is -0.454 e. The second-order valence-electron chi connectivity index (χ2n) is 7.32. The summed E-state index contributed by atoms with van der Waals surface area (Å²) in [5.74, 6) is -1.58. The number of esters is 1. The van der Waals surface area contributed by atoms with E-state index in [0.717, 1.165) is 17.7 Å². The third-order valence-corrected chi connectivity index (χ3v) is 5.27. The van der Waals surface area contributed by atoms with Crippen LogP contribution in [0.4, 0.5) is 5.69 Å². The van der Waals surface area contributed by atoms with Crippen molar-refractivity contribution in [2.75, 3.05) is 11.5 Å². The summed E-state index contributed by atoms with van der Waals surface area (Å²) in [5, 5.41) is 3.69. The first-order chi connectivity index (χ1) is 14.4. The Morgan fingerprint density at radius 1 is 1.00 bits per heavy atom. The highest BCUT2D eigenvalue weighted by molar-refractivity contribution is 6.30. The number of rotatable bonds is 7. The summed E-state index contributed by atoms with van der Waals surface area (Å²) in [7, 11) is 0. The Bertz CT molecular complexity index is 999. The largest absolute Gasteiger partial charge is 0.454 e. The van der Waals surface area contributed by atoms with E-state index in [1.165, 1.54) is 24.3 Å². The molecule has 1 aliphatic heterocycles. The van der Waals surface area contributed by atoms with E-state index in [1.807, 2.05) is 0 Å². The molecule has 1 saturated heterocycles. The number of nitrogens with one attached hydrogen (secondary N) is 1. The lowest BCUT2D eigenvalue weighted by atomic mass is 10.1. The molecule has 0 aromatic heterocycles. The number of benzene rings is 2. The second-order valence-corrected chi connectivity index (χ2v) is 7.75. The summed E-state index contributed by atoms with van der Waals surface area (Å²) in [4.78, 5) is 50.3. The number of anilines is 1. The van der Waals surface area contributed by atoms with Gasteiger partial charge in [0.25, 0.3) is 5.91 Å². The molecule has 4 rings (SSSR count). The van der Waals surface area contributed by atoms with Crippen molar-refractivity contribution in [1.82, 2.24) is 5.32 Å². The summed E-state index contributed by atoms with van der Waals surface area (Å²) in [6.45, 7) is -0.403. The van der Waals surface area contributed by atoms with Gasteiger partial charge < -0.3 is 10.1 Å². The van der Waals surface area contributed by atoms with Gasteiger partial charge in [0, 0.05) is 16.6 Å². The number of ether oxygens (including phenoxy) is 1. The zero-order valence-corrected chi connectivity index (χ0v) is 16.7. The molecule has 0 radical (unpaired) electrons. The topological polar surface area (TPSA) is 92.8 Å². The van der Waals surface area contributed by atoms with Crippen molar-refractivity contribution in [1.29, 1.82) is 0 Å². The molecule has 1 unspecified atom stereocenters. The molecule has 1 saturated carbocycles. The third-order valence-electron chi connectivity index (χ3n) is 5.02. The fraction of sp³-hybridized carbons (Fsp3) is 0.273. The van der Waals surface area contributed by atoms with Crippen LogP contribution in [0.15, 0.2) is 48.5 Å². The lowest BCUT2D eigenvalue weighted by Crippen LogP contribution is -2.39. The van der Waals surface area contributed by atoms with Crippen molar-refractivity contribution in [3.8, 4) is 0 Å². The molecule has 1 heterocycles. The van der Waals surface area contributed by atoms with Crippen molar-refractivity contribution < 1.29 is 23.9 Å². The summed E-state index contributed by atoms with van der Waals surface area (Å²) in [6.07, 6.45) is 2.18. The Balaban J connectivity index is 1.36. The van der Waals surface area contributed by atoms with Gasteiger partial charge in [0.2, 0.25) is 5.91 Å². The maximum Gasteiger partial charge on any atom is 0.338 e. The van der Waals surface area contributed by atoms with E-state index in [2.05, 4.69) is 5.32 Å². The van der Waals surface area contributed by atoms with E-state index in [0.29, 0.717) is 22.3 Å². The van der Waals surface area contributed by atoms with Crippen LogP contribution in [-0.2, 0) is 14.3 Å². The minimum atomic E-state index is -0.670. The van der Waals surface area contributed by atoms with Crippen LogP contribution in [0, 0.1) is 0 Å². The Labute approximate surface area is 177 Å². The standard InChI is InChI=1S/C22H19ClN2O5/c23-15-5-1-13(2-6-15)19(26)12-30-22(29)14-3-9-17(10-4-14)25-20(27)11-18(21(25)28)24-16-7-8-16/h1-6,9-10,16,18,24H,7-8,11-12H2. The molecule has 2 amide bonds. The molecular weight excluding hydrogens is 408 g/mol. The molecule has 30 heavy (non-hydrogen) atoms. The van der Waals surface area contributed by atoms with E-state index >= 15 is 0 Å². The van der Waals surface area contributed by atoms with E-state index in [9.17, 15) is 19.2 Å². The van der Waals surface area contributed by atoms with Gasteiger partial charge in [-0.25, -0.2) is 9.69 Å². The fourth-order valence-electron chi connectivity index (χ4n) is 3.25.